The zero-order chi connectivity index (χ0) is 23.1. The summed E-state index contributed by atoms with van der Waals surface area (Å²) in [6.45, 7) is 4.24. The van der Waals surface area contributed by atoms with Crippen molar-refractivity contribution < 1.29 is 0 Å². The van der Waals surface area contributed by atoms with Gasteiger partial charge in [0.15, 0.2) is 0 Å². The van der Waals surface area contributed by atoms with Gasteiger partial charge in [0.05, 0.1) is 6.04 Å². The van der Waals surface area contributed by atoms with Crippen LogP contribution in [0.15, 0.2) is 71.7 Å². The predicted octanol–water partition coefficient (Wildman–Crippen LogP) is 3.82. The first-order valence-electron chi connectivity index (χ1n) is 11.9. The fraction of sp³-hybridized carbons (Fsp3) is 0.296. The Morgan fingerprint density at radius 3 is 2.56 bits per heavy atom. The third-order valence-corrected chi connectivity index (χ3v) is 7.07. The number of nitrogens with zero attached hydrogens (tertiary/aromatic N) is 5. The average molecular weight is 453 g/mol. The van der Waals surface area contributed by atoms with Crippen LogP contribution in [-0.4, -0.2) is 52.7 Å². The van der Waals surface area contributed by atoms with E-state index in [4.69, 9.17) is 4.98 Å². The fourth-order valence-electron chi connectivity index (χ4n) is 5.15. The number of pyridine rings is 1. The van der Waals surface area contributed by atoms with E-state index in [0.29, 0.717) is 11.6 Å². The van der Waals surface area contributed by atoms with Crippen molar-refractivity contribution in [3.8, 4) is 0 Å². The molecule has 2 aromatic heterocycles. The van der Waals surface area contributed by atoms with Gasteiger partial charge in [0.2, 0.25) is 5.95 Å². The van der Waals surface area contributed by atoms with E-state index >= 15 is 0 Å². The zero-order valence-electron chi connectivity index (χ0n) is 19.3. The number of hydrogen-bond acceptors (Lipinski definition) is 6. The minimum Gasteiger partial charge on any atom is -0.369 e. The molecule has 2 aromatic carbocycles. The molecule has 2 aliphatic rings. The Labute approximate surface area is 198 Å². The maximum Gasteiger partial charge on any atom is 0.252 e. The van der Waals surface area contributed by atoms with E-state index in [9.17, 15) is 4.79 Å². The summed E-state index contributed by atoms with van der Waals surface area (Å²) >= 11 is 0. The van der Waals surface area contributed by atoms with E-state index in [1.54, 1.807) is 12.3 Å². The third kappa shape index (κ3) is 3.82. The van der Waals surface area contributed by atoms with Crippen LogP contribution in [0.3, 0.4) is 0 Å². The Bertz CT molecular complexity index is 1390. The van der Waals surface area contributed by atoms with E-state index in [1.165, 1.54) is 16.8 Å². The topological polar surface area (TPSA) is 66.3 Å². The highest BCUT2D eigenvalue weighted by Gasteiger charge is 2.26. The van der Waals surface area contributed by atoms with Gasteiger partial charge in [0.1, 0.15) is 5.65 Å². The Morgan fingerprint density at radius 2 is 1.74 bits per heavy atom. The van der Waals surface area contributed by atoms with Crippen molar-refractivity contribution in [1.29, 1.82) is 0 Å². The van der Waals surface area contributed by atoms with Gasteiger partial charge in [-0.1, -0.05) is 24.3 Å². The van der Waals surface area contributed by atoms with E-state index in [2.05, 4.69) is 69.6 Å². The molecule has 1 saturated heterocycles. The maximum atomic E-state index is 13.0. The van der Waals surface area contributed by atoms with Gasteiger partial charge in [0.25, 0.3) is 5.56 Å². The third-order valence-electron chi connectivity index (χ3n) is 7.07. The van der Waals surface area contributed by atoms with Crippen molar-refractivity contribution in [2.75, 3.05) is 43.4 Å². The molecule has 0 saturated carbocycles. The first-order chi connectivity index (χ1) is 16.7. The molecule has 0 amide bonds. The van der Waals surface area contributed by atoms with Crippen molar-refractivity contribution in [2.45, 2.75) is 18.9 Å². The summed E-state index contributed by atoms with van der Waals surface area (Å²) < 4.78 is 1.84. The lowest BCUT2D eigenvalue weighted by molar-refractivity contribution is 0.313. The Balaban J connectivity index is 1.30. The number of aryl methyl sites for hydroxylation is 1. The van der Waals surface area contributed by atoms with Gasteiger partial charge in [-0.15, -0.1) is 0 Å². The highest BCUT2D eigenvalue weighted by Crippen LogP contribution is 2.34. The molecule has 1 aliphatic carbocycles. The quantitative estimate of drug-likeness (QED) is 0.508. The highest BCUT2D eigenvalue weighted by molar-refractivity contribution is 5.76. The first kappa shape index (κ1) is 20.9. The molecular weight excluding hydrogens is 424 g/mol. The molecule has 1 atom stereocenters. The van der Waals surface area contributed by atoms with Crippen LogP contribution in [0.5, 0.6) is 0 Å². The molecule has 1 N–H and O–H groups in total. The molecule has 1 unspecified atom stereocenters. The molecule has 7 nitrogen and oxygen atoms in total. The number of rotatable bonds is 4. The fourth-order valence-corrected chi connectivity index (χ4v) is 5.15. The lowest BCUT2D eigenvalue weighted by atomic mass is 10.1. The van der Waals surface area contributed by atoms with Crippen molar-refractivity contribution in [3.63, 3.8) is 0 Å². The van der Waals surface area contributed by atoms with E-state index < -0.39 is 0 Å². The van der Waals surface area contributed by atoms with Gasteiger partial charge in [-0.2, -0.15) is 4.98 Å². The summed E-state index contributed by atoms with van der Waals surface area (Å²) in [5.74, 6) is 0.491. The number of aromatic nitrogens is 3. The van der Waals surface area contributed by atoms with Gasteiger partial charge in [-0.3, -0.25) is 9.36 Å². The van der Waals surface area contributed by atoms with E-state index in [0.717, 1.165) is 50.1 Å². The molecule has 4 aromatic rings. The zero-order valence-corrected chi connectivity index (χ0v) is 19.3. The van der Waals surface area contributed by atoms with Gasteiger partial charge in [0, 0.05) is 55.2 Å². The number of nitrogens with one attached hydrogen (secondary N) is 1. The van der Waals surface area contributed by atoms with Gasteiger partial charge in [-0.25, -0.2) is 4.98 Å². The standard InChI is InChI=1S/C27H28N6O/c1-31-14-16-32(17-15-31)22-10-8-21(9-11-22)29-27-28-18-20-7-13-25(34)33(26(20)30-27)24-12-6-19-4-2-3-5-23(19)24/h2-5,7-11,13,18,24H,6,12,14-17H2,1H3,(H,28,29,30). The van der Waals surface area contributed by atoms with E-state index in [1.807, 2.05) is 16.7 Å². The predicted molar refractivity (Wildman–Crippen MR) is 136 cm³/mol. The SMILES string of the molecule is CN1CCN(c2ccc(Nc3ncc4ccc(=O)n(C5CCc6ccccc65)c4n3)cc2)CC1. The van der Waals surface area contributed by atoms with Crippen molar-refractivity contribution in [2.24, 2.45) is 0 Å². The first-order valence-corrected chi connectivity index (χ1v) is 11.9. The number of anilines is 3. The Hall–Kier alpha value is -3.71. The summed E-state index contributed by atoms with van der Waals surface area (Å²) in [4.78, 5) is 27.1. The van der Waals surface area contributed by atoms with Crippen molar-refractivity contribution >= 4 is 28.4 Å². The molecule has 0 radical (unpaired) electrons. The summed E-state index contributed by atoms with van der Waals surface area (Å²) in [7, 11) is 2.17. The molecule has 0 spiro atoms. The monoisotopic (exact) mass is 452 g/mol. The van der Waals surface area contributed by atoms with Crippen LogP contribution in [0, 0.1) is 0 Å². The lowest BCUT2D eigenvalue weighted by Gasteiger charge is -2.34. The number of fused-ring (bicyclic) bond motifs is 2. The van der Waals surface area contributed by atoms with Crippen LogP contribution in [0.25, 0.3) is 11.0 Å². The molecule has 1 aliphatic heterocycles. The maximum absolute atomic E-state index is 13.0. The minimum atomic E-state index is -0.0321. The molecule has 6 rings (SSSR count). The average Bonchev–Trinajstić information content (AvgIpc) is 3.29. The van der Waals surface area contributed by atoms with Crippen molar-refractivity contribution in [1.82, 2.24) is 19.4 Å². The summed E-state index contributed by atoms with van der Waals surface area (Å²) in [5.41, 5.74) is 5.31. The van der Waals surface area contributed by atoms with Crippen molar-refractivity contribution in [3.05, 3.63) is 88.3 Å². The van der Waals surface area contributed by atoms with Crippen LogP contribution < -0.4 is 15.8 Å². The Kier molecular flexibility index (Phi) is 5.26. The number of hydrogen-bond donors (Lipinski definition) is 1. The van der Waals surface area contributed by atoms with Crippen LogP contribution in [0.1, 0.15) is 23.6 Å². The van der Waals surface area contributed by atoms with Crippen LogP contribution >= 0.6 is 0 Å². The smallest absolute Gasteiger partial charge is 0.252 e. The molecule has 34 heavy (non-hydrogen) atoms. The summed E-state index contributed by atoms with van der Waals surface area (Å²) in [6.07, 6.45) is 3.67. The molecular formula is C27H28N6O. The summed E-state index contributed by atoms with van der Waals surface area (Å²) in [6, 6.07) is 20.2. The van der Waals surface area contributed by atoms with Crippen LogP contribution in [0.4, 0.5) is 17.3 Å². The molecule has 1 fully saturated rings. The largest absolute Gasteiger partial charge is 0.369 e. The highest BCUT2D eigenvalue weighted by atomic mass is 16.1. The molecule has 172 valence electrons. The van der Waals surface area contributed by atoms with Crippen LogP contribution in [-0.2, 0) is 6.42 Å². The second-order valence-electron chi connectivity index (χ2n) is 9.23. The van der Waals surface area contributed by atoms with Gasteiger partial charge in [-0.05, 0) is 61.3 Å². The van der Waals surface area contributed by atoms with Gasteiger partial charge >= 0.3 is 0 Å². The molecule has 3 heterocycles. The van der Waals surface area contributed by atoms with Gasteiger partial charge < -0.3 is 15.1 Å². The normalized spacial score (nSPS) is 18.3. The molecule has 0 bridgehead atoms. The van der Waals surface area contributed by atoms with E-state index in [-0.39, 0.29) is 11.6 Å². The van der Waals surface area contributed by atoms with Crippen LogP contribution in [0.2, 0.25) is 0 Å². The molecule has 7 heteroatoms. The Morgan fingerprint density at radius 1 is 0.941 bits per heavy atom. The minimum absolute atomic E-state index is 0.00183. The number of piperazine rings is 1. The lowest BCUT2D eigenvalue weighted by Crippen LogP contribution is -2.44. The second kappa shape index (κ2) is 8.57. The number of benzene rings is 2. The second-order valence-corrected chi connectivity index (χ2v) is 9.23. The number of likely N-dealkylation sites (N-methyl/N-ethyl adjacent to an activating group) is 1. The summed E-state index contributed by atoms with van der Waals surface area (Å²) in [5, 5.41) is 4.19.